The van der Waals surface area contributed by atoms with E-state index in [2.05, 4.69) is 26.1 Å². The van der Waals surface area contributed by atoms with E-state index in [1.54, 1.807) is 7.11 Å². The van der Waals surface area contributed by atoms with Crippen molar-refractivity contribution in [1.29, 1.82) is 0 Å². The smallest absolute Gasteiger partial charge is 0.0986 e. The summed E-state index contributed by atoms with van der Waals surface area (Å²) in [6.45, 7) is 9.68. The molecule has 3 heteroatoms. The molecule has 0 radical (unpaired) electrons. The fraction of sp³-hybridized carbons (Fsp3) is 1.00. The Bertz CT molecular complexity index is 221. The van der Waals surface area contributed by atoms with Crippen LogP contribution < -0.4 is 5.32 Å². The molecule has 0 bridgehead atoms. The summed E-state index contributed by atoms with van der Waals surface area (Å²) in [4.78, 5) is 0. The van der Waals surface area contributed by atoms with Crippen molar-refractivity contribution >= 4 is 0 Å². The summed E-state index contributed by atoms with van der Waals surface area (Å²) in [6, 6.07) is 1.05. The maximum Gasteiger partial charge on any atom is 0.0986 e. The van der Waals surface area contributed by atoms with Gasteiger partial charge >= 0.3 is 0 Å². The fourth-order valence-electron chi connectivity index (χ4n) is 2.72. The molecule has 1 fully saturated rings. The van der Waals surface area contributed by atoms with Gasteiger partial charge in [0.05, 0.1) is 12.2 Å². The predicted octanol–water partition coefficient (Wildman–Crippen LogP) is 2.98. The molecule has 0 aliphatic heterocycles. The normalized spacial score (nSPS) is 29.3. The molecular formula is C15H31NO2. The summed E-state index contributed by atoms with van der Waals surface area (Å²) in [5.74, 6) is 0.815. The molecule has 1 rings (SSSR count). The predicted molar refractivity (Wildman–Crippen MR) is 75.9 cm³/mol. The van der Waals surface area contributed by atoms with Gasteiger partial charge in [0, 0.05) is 25.8 Å². The molecule has 1 N–H and O–H groups in total. The van der Waals surface area contributed by atoms with Crippen molar-refractivity contribution in [2.45, 2.75) is 77.7 Å². The molecule has 0 aromatic carbocycles. The van der Waals surface area contributed by atoms with Crippen LogP contribution in [-0.2, 0) is 9.47 Å². The van der Waals surface area contributed by atoms with Crippen LogP contribution in [0.2, 0.25) is 0 Å². The van der Waals surface area contributed by atoms with E-state index >= 15 is 0 Å². The van der Waals surface area contributed by atoms with Crippen molar-refractivity contribution < 1.29 is 9.47 Å². The molecule has 1 saturated carbocycles. The monoisotopic (exact) mass is 257 g/mol. The molecule has 4 unspecified atom stereocenters. The minimum Gasteiger partial charge on any atom is -0.377 e. The second kappa shape index (κ2) is 8.13. The molecule has 108 valence electrons. The van der Waals surface area contributed by atoms with Crippen molar-refractivity contribution in [2.24, 2.45) is 5.92 Å². The molecule has 18 heavy (non-hydrogen) atoms. The van der Waals surface area contributed by atoms with E-state index < -0.39 is 0 Å². The third-order valence-corrected chi connectivity index (χ3v) is 3.82. The Balaban J connectivity index is 2.18. The van der Waals surface area contributed by atoms with Gasteiger partial charge in [-0.3, -0.25) is 0 Å². The largest absolute Gasteiger partial charge is 0.377 e. The topological polar surface area (TPSA) is 30.5 Å². The lowest BCUT2D eigenvalue weighted by atomic mass is 9.84. The molecule has 0 heterocycles. The molecule has 0 aromatic heterocycles. The van der Waals surface area contributed by atoms with Gasteiger partial charge in [0.1, 0.15) is 0 Å². The van der Waals surface area contributed by atoms with Crippen molar-refractivity contribution in [3.8, 4) is 0 Å². The van der Waals surface area contributed by atoms with Gasteiger partial charge in [-0.2, -0.15) is 0 Å². The Morgan fingerprint density at radius 1 is 1.22 bits per heavy atom. The average molecular weight is 257 g/mol. The first-order valence-electron chi connectivity index (χ1n) is 7.48. The van der Waals surface area contributed by atoms with Crippen LogP contribution in [-0.4, -0.2) is 38.0 Å². The average Bonchev–Trinajstić information content (AvgIpc) is 2.27. The first-order chi connectivity index (χ1) is 8.58. The van der Waals surface area contributed by atoms with Crippen molar-refractivity contribution in [2.75, 3.05) is 13.7 Å². The molecule has 1 aliphatic carbocycles. The third-order valence-electron chi connectivity index (χ3n) is 3.82. The van der Waals surface area contributed by atoms with Gasteiger partial charge in [-0.15, -0.1) is 0 Å². The first-order valence-corrected chi connectivity index (χ1v) is 7.48. The first kappa shape index (κ1) is 15.9. The maximum atomic E-state index is 5.64. The van der Waals surface area contributed by atoms with E-state index in [4.69, 9.17) is 9.47 Å². The van der Waals surface area contributed by atoms with E-state index in [0.717, 1.165) is 18.9 Å². The second-order valence-electron chi connectivity index (χ2n) is 5.93. The Labute approximate surface area is 113 Å². The van der Waals surface area contributed by atoms with Crippen LogP contribution in [0.3, 0.4) is 0 Å². The highest BCUT2D eigenvalue weighted by Crippen LogP contribution is 2.27. The standard InChI is InChI=1S/C15H31NO2/c1-6-18-14-10-13(15(14)17-5)16-12(4)9-7-8-11(2)3/h11-16H,6-10H2,1-5H3. The number of hydrogen-bond donors (Lipinski definition) is 1. The van der Waals surface area contributed by atoms with Gasteiger partial charge in [0.15, 0.2) is 0 Å². The maximum absolute atomic E-state index is 5.64. The van der Waals surface area contributed by atoms with Gasteiger partial charge in [-0.1, -0.05) is 26.7 Å². The molecular weight excluding hydrogens is 226 g/mol. The van der Waals surface area contributed by atoms with Gasteiger partial charge in [-0.05, 0) is 32.6 Å². The highest BCUT2D eigenvalue weighted by molar-refractivity contribution is 4.97. The summed E-state index contributed by atoms with van der Waals surface area (Å²) >= 11 is 0. The lowest BCUT2D eigenvalue weighted by Crippen LogP contribution is -2.61. The number of ether oxygens (including phenoxy) is 2. The quantitative estimate of drug-likeness (QED) is 0.689. The SMILES string of the molecule is CCOC1CC(NC(C)CCCC(C)C)C1OC. The summed E-state index contributed by atoms with van der Waals surface area (Å²) < 4.78 is 11.2. The minimum absolute atomic E-state index is 0.234. The number of hydrogen-bond acceptors (Lipinski definition) is 3. The zero-order chi connectivity index (χ0) is 13.5. The molecule has 0 spiro atoms. The number of methoxy groups -OCH3 is 1. The van der Waals surface area contributed by atoms with Crippen LogP contribution in [0.1, 0.15) is 53.4 Å². The van der Waals surface area contributed by atoms with Crippen molar-refractivity contribution in [3.05, 3.63) is 0 Å². The molecule has 0 amide bonds. The molecule has 0 saturated heterocycles. The van der Waals surface area contributed by atoms with E-state index in [9.17, 15) is 0 Å². The zero-order valence-corrected chi connectivity index (χ0v) is 12.7. The number of nitrogens with one attached hydrogen (secondary N) is 1. The van der Waals surface area contributed by atoms with Crippen LogP contribution in [0.15, 0.2) is 0 Å². The van der Waals surface area contributed by atoms with Gasteiger partial charge in [0.25, 0.3) is 0 Å². The Morgan fingerprint density at radius 2 is 1.94 bits per heavy atom. The van der Waals surface area contributed by atoms with Crippen LogP contribution in [0.25, 0.3) is 0 Å². The third kappa shape index (κ3) is 4.87. The van der Waals surface area contributed by atoms with Crippen LogP contribution >= 0.6 is 0 Å². The number of rotatable bonds is 9. The van der Waals surface area contributed by atoms with E-state index in [-0.39, 0.29) is 6.10 Å². The van der Waals surface area contributed by atoms with E-state index in [0.29, 0.717) is 18.2 Å². The Morgan fingerprint density at radius 3 is 2.50 bits per heavy atom. The van der Waals surface area contributed by atoms with E-state index in [1.807, 2.05) is 6.92 Å². The highest BCUT2D eigenvalue weighted by Gasteiger charge is 2.42. The molecule has 1 aliphatic rings. The molecule has 4 atom stereocenters. The molecule has 0 aromatic rings. The van der Waals surface area contributed by atoms with Crippen LogP contribution in [0, 0.1) is 5.92 Å². The fourth-order valence-corrected chi connectivity index (χ4v) is 2.72. The summed E-state index contributed by atoms with van der Waals surface area (Å²) in [7, 11) is 1.79. The summed E-state index contributed by atoms with van der Waals surface area (Å²) in [5.41, 5.74) is 0. The van der Waals surface area contributed by atoms with Crippen LogP contribution in [0.5, 0.6) is 0 Å². The zero-order valence-electron chi connectivity index (χ0n) is 12.7. The lowest BCUT2D eigenvalue weighted by Gasteiger charge is -2.44. The minimum atomic E-state index is 0.234. The van der Waals surface area contributed by atoms with E-state index in [1.165, 1.54) is 19.3 Å². The summed E-state index contributed by atoms with van der Waals surface area (Å²) in [6.07, 6.45) is 5.50. The van der Waals surface area contributed by atoms with Gasteiger partial charge in [-0.25, -0.2) is 0 Å². The second-order valence-corrected chi connectivity index (χ2v) is 5.93. The van der Waals surface area contributed by atoms with Crippen LogP contribution in [0.4, 0.5) is 0 Å². The highest BCUT2D eigenvalue weighted by atomic mass is 16.5. The van der Waals surface area contributed by atoms with Gasteiger partial charge in [0.2, 0.25) is 0 Å². The van der Waals surface area contributed by atoms with Crippen molar-refractivity contribution in [1.82, 2.24) is 5.32 Å². The summed E-state index contributed by atoms with van der Waals surface area (Å²) in [5, 5.41) is 3.67. The Hall–Kier alpha value is -0.120. The van der Waals surface area contributed by atoms with Crippen molar-refractivity contribution in [3.63, 3.8) is 0 Å². The van der Waals surface area contributed by atoms with Gasteiger partial charge < -0.3 is 14.8 Å². The Kier molecular flexibility index (Phi) is 7.20. The lowest BCUT2D eigenvalue weighted by molar-refractivity contribution is -0.133. The molecule has 3 nitrogen and oxygen atoms in total.